The van der Waals surface area contributed by atoms with Gasteiger partial charge in [0, 0.05) is 19.7 Å². The standard InChI is InChI=1S/C17H28N4O3/c1-12(24-11-16-7-5-9-23-16)17(22)20-8-4-6-15(10-20)21-14(3)18-13(2)19-21/h12,15-16H,4-11H2,1-3H3/t12-,15+,16-/m0/s1. The van der Waals surface area contributed by atoms with Gasteiger partial charge >= 0.3 is 0 Å². The number of likely N-dealkylation sites (tertiary alicyclic amines) is 1. The molecule has 2 saturated heterocycles. The Morgan fingerprint density at radius 2 is 2.21 bits per heavy atom. The third-order valence-corrected chi connectivity index (χ3v) is 4.87. The number of nitrogens with zero attached hydrogens (tertiary/aromatic N) is 4. The monoisotopic (exact) mass is 336 g/mol. The smallest absolute Gasteiger partial charge is 0.251 e. The second-order valence-electron chi connectivity index (χ2n) is 6.84. The summed E-state index contributed by atoms with van der Waals surface area (Å²) in [6.07, 6.45) is 3.84. The largest absolute Gasteiger partial charge is 0.376 e. The maximum atomic E-state index is 12.7. The third kappa shape index (κ3) is 3.95. The van der Waals surface area contributed by atoms with Gasteiger partial charge in [0.2, 0.25) is 0 Å². The van der Waals surface area contributed by atoms with Gasteiger partial charge in [0.1, 0.15) is 17.8 Å². The lowest BCUT2D eigenvalue weighted by Gasteiger charge is -2.34. The molecular formula is C17H28N4O3. The first-order valence-corrected chi connectivity index (χ1v) is 8.96. The van der Waals surface area contributed by atoms with E-state index in [0.717, 1.165) is 50.5 Å². The Hall–Kier alpha value is -1.47. The molecule has 0 saturated carbocycles. The van der Waals surface area contributed by atoms with E-state index in [-0.39, 0.29) is 18.1 Å². The van der Waals surface area contributed by atoms with E-state index in [1.165, 1.54) is 0 Å². The van der Waals surface area contributed by atoms with Crippen LogP contribution in [0.5, 0.6) is 0 Å². The molecule has 7 heteroatoms. The van der Waals surface area contributed by atoms with Crippen LogP contribution in [0, 0.1) is 13.8 Å². The molecule has 2 aliphatic rings. The van der Waals surface area contributed by atoms with Gasteiger partial charge in [0.25, 0.3) is 5.91 Å². The first-order chi connectivity index (χ1) is 11.5. The summed E-state index contributed by atoms with van der Waals surface area (Å²) < 4.78 is 13.3. The van der Waals surface area contributed by atoms with Gasteiger partial charge in [0.05, 0.1) is 18.8 Å². The average Bonchev–Trinajstić information content (AvgIpc) is 3.21. The van der Waals surface area contributed by atoms with Crippen molar-refractivity contribution >= 4 is 5.91 Å². The Bertz CT molecular complexity index is 568. The van der Waals surface area contributed by atoms with Gasteiger partial charge in [-0.3, -0.25) is 4.79 Å². The van der Waals surface area contributed by atoms with Crippen LogP contribution in [0.2, 0.25) is 0 Å². The number of carbonyl (C=O) groups is 1. The van der Waals surface area contributed by atoms with Gasteiger partial charge in [0.15, 0.2) is 0 Å². The van der Waals surface area contributed by atoms with Gasteiger partial charge in [-0.15, -0.1) is 0 Å². The predicted molar refractivity (Wildman–Crippen MR) is 88.7 cm³/mol. The highest BCUT2D eigenvalue weighted by molar-refractivity contribution is 5.80. The fourth-order valence-electron chi connectivity index (χ4n) is 3.59. The Balaban J connectivity index is 1.55. The molecular weight excluding hydrogens is 308 g/mol. The molecule has 0 radical (unpaired) electrons. The number of aryl methyl sites for hydroxylation is 2. The summed E-state index contributed by atoms with van der Waals surface area (Å²) in [5.41, 5.74) is 0. The van der Waals surface area contributed by atoms with Gasteiger partial charge in [-0.25, -0.2) is 9.67 Å². The molecule has 3 rings (SSSR count). The topological polar surface area (TPSA) is 69.5 Å². The van der Waals surface area contributed by atoms with Crippen LogP contribution in [0.1, 0.15) is 50.3 Å². The summed E-state index contributed by atoms with van der Waals surface area (Å²) in [6, 6.07) is 0.203. The summed E-state index contributed by atoms with van der Waals surface area (Å²) >= 11 is 0. The van der Waals surface area contributed by atoms with Crippen molar-refractivity contribution in [1.82, 2.24) is 19.7 Å². The number of hydrogen-bond acceptors (Lipinski definition) is 5. The number of carbonyl (C=O) groups excluding carboxylic acids is 1. The van der Waals surface area contributed by atoms with Crippen LogP contribution in [0.15, 0.2) is 0 Å². The second-order valence-corrected chi connectivity index (χ2v) is 6.84. The lowest BCUT2D eigenvalue weighted by atomic mass is 10.1. The maximum Gasteiger partial charge on any atom is 0.251 e. The molecule has 0 N–H and O–H groups in total. The van der Waals surface area contributed by atoms with Crippen molar-refractivity contribution < 1.29 is 14.3 Å². The van der Waals surface area contributed by atoms with Crippen molar-refractivity contribution in [2.75, 3.05) is 26.3 Å². The van der Waals surface area contributed by atoms with Gasteiger partial charge < -0.3 is 14.4 Å². The molecule has 7 nitrogen and oxygen atoms in total. The molecule has 134 valence electrons. The van der Waals surface area contributed by atoms with Crippen LogP contribution in [0.3, 0.4) is 0 Å². The van der Waals surface area contributed by atoms with E-state index in [2.05, 4.69) is 10.1 Å². The Morgan fingerprint density at radius 1 is 1.38 bits per heavy atom. The van der Waals surface area contributed by atoms with E-state index >= 15 is 0 Å². The van der Waals surface area contributed by atoms with Crippen LogP contribution >= 0.6 is 0 Å². The molecule has 2 fully saturated rings. The molecule has 1 aromatic rings. The molecule has 0 bridgehead atoms. The Labute approximate surface area is 143 Å². The number of ether oxygens (including phenoxy) is 2. The van der Waals surface area contributed by atoms with Crippen molar-refractivity contribution in [3.63, 3.8) is 0 Å². The first kappa shape index (κ1) is 17.4. The molecule has 0 spiro atoms. The molecule has 3 heterocycles. The molecule has 1 aromatic heterocycles. The highest BCUT2D eigenvalue weighted by atomic mass is 16.5. The van der Waals surface area contributed by atoms with Crippen molar-refractivity contribution in [2.45, 2.75) is 64.7 Å². The molecule has 0 aromatic carbocycles. The van der Waals surface area contributed by atoms with E-state index < -0.39 is 6.10 Å². The fraction of sp³-hybridized carbons (Fsp3) is 0.824. The fourth-order valence-corrected chi connectivity index (χ4v) is 3.59. The molecule has 3 atom stereocenters. The first-order valence-electron chi connectivity index (χ1n) is 8.96. The highest BCUT2D eigenvalue weighted by Crippen LogP contribution is 2.23. The van der Waals surface area contributed by atoms with E-state index in [0.29, 0.717) is 13.2 Å². The number of piperidine rings is 1. The van der Waals surface area contributed by atoms with E-state index in [1.807, 2.05) is 30.4 Å². The minimum Gasteiger partial charge on any atom is -0.376 e. The zero-order valence-corrected chi connectivity index (χ0v) is 14.9. The van der Waals surface area contributed by atoms with Crippen LogP contribution < -0.4 is 0 Å². The van der Waals surface area contributed by atoms with Crippen LogP contribution in [-0.2, 0) is 14.3 Å². The third-order valence-electron chi connectivity index (χ3n) is 4.87. The molecule has 0 unspecified atom stereocenters. The quantitative estimate of drug-likeness (QED) is 0.818. The lowest BCUT2D eigenvalue weighted by molar-refractivity contribution is -0.146. The van der Waals surface area contributed by atoms with Crippen LogP contribution in [-0.4, -0.2) is 64.1 Å². The number of amides is 1. The van der Waals surface area contributed by atoms with Crippen molar-refractivity contribution in [2.24, 2.45) is 0 Å². The summed E-state index contributed by atoms with van der Waals surface area (Å²) in [6.45, 7) is 8.48. The van der Waals surface area contributed by atoms with Crippen molar-refractivity contribution in [1.29, 1.82) is 0 Å². The Kier molecular flexibility index (Phi) is 5.50. The minimum atomic E-state index is -0.425. The van der Waals surface area contributed by atoms with E-state index in [1.54, 1.807) is 0 Å². The number of aromatic nitrogens is 3. The maximum absolute atomic E-state index is 12.7. The SMILES string of the molecule is Cc1nc(C)n([C@@H]2CCCN(C(=O)[C@H](C)OC[C@@H]3CCCO3)C2)n1. The molecule has 1 amide bonds. The summed E-state index contributed by atoms with van der Waals surface area (Å²) in [5, 5.41) is 4.48. The van der Waals surface area contributed by atoms with E-state index in [4.69, 9.17) is 9.47 Å². The van der Waals surface area contributed by atoms with E-state index in [9.17, 15) is 4.79 Å². The lowest BCUT2D eigenvalue weighted by Crippen LogP contribution is -2.46. The predicted octanol–water partition coefficient (Wildman–Crippen LogP) is 1.64. The van der Waals surface area contributed by atoms with Crippen LogP contribution in [0.4, 0.5) is 0 Å². The minimum absolute atomic E-state index is 0.0622. The molecule has 0 aliphatic carbocycles. The summed E-state index contributed by atoms with van der Waals surface area (Å²) in [4.78, 5) is 19.0. The Morgan fingerprint density at radius 3 is 2.88 bits per heavy atom. The highest BCUT2D eigenvalue weighted by Gasteiger charge is 2.30. The zero-order valence-electron chi connectivity index (χ0n) is 14.9. The van der Waals surface area contributed by atoms with Gasteiger partial charge in [-0.1, -0.05) is 0 Å². The number of rotatable bonds is 5. The second kappa shape index (κ2) is 7.61. The van der Waals surface area contributed by atoms with Gasteiger partial charge in [-0.2, -0.15) is 5.10 Å². The summed E-state index contributed by atoms with van der Waals surface area (Å²) in [5.74, 6) is 1.76. The molecule has 2 aliphatic heterocycles. The van der Waals surface area contributed by atoms with Crippen molar-refractivity contribution in [3.8, 4) is 0 Å². The van der Waals surface area contributed by atoms with Crippen molar-refractivity contribution in [3.05, 3.63) is 11.6 Å². The van der Waals surface area contributed by atoms with Gasteiger partial charge in [-0.05, 0) is 46.5 Å². The molecule has 24 heavy (non-hydrogen) atoms. The van der Waals surface area contributed by atoms with Crippen LogP contribution in [0.25, 0.3) is 0 Å². The number of hydrogen-bond donors (Lipinski definition) is 0. The average molecular weight is 336 g/mol. The zero-order chi connectivity index (χ0) is 17.1. The summed E-state index contributed by atoms with van der Waals surface area (Å²) in [7, 11) is 0. The normalized spacial score (nSPS) is 25.9.